The van der Waals surface area contributed by atoms with E-state index in [0.29, 0.717) is 6.54 Å². The van der Waals surface area contributed by atoms with Crippen molar-refractivity contribution in [1.82, 2.24) is 0 Å². The normalized spacial score (nSPS) is 11.4. The fraction of sp³-hybridized carbons (Fsp3) is 0.500. The van der Waals surface area contributed by atoms with Crippen LogP contribution >= 0.6 is 0 Å². The minimum atomic E-state index is -0.389. The molecule has 0 heterocycles. The Hall–Kier alpha value is -1.35. The minimum Gasteiger partial charge on any atom is -0.326 e. The summed E-state index contributed by atoms with van der Waals surface area (Å²) in [4.78, 5) is 11.9. The van der Waals surface area contributed by atoms with Gasteiger partial charge in [0.15, 0.2) is 0 Å². The molecule has 0 radical (unpaired) electrons. The van der Waals surface area contributed by atoms with Crippen LogP contribution in [0.15, 0.2) is 12.1 Å². The SMILES string of the molecule is Cc1ccc(NC(=O)C(C)(C)C)c(C)c1CN. The molecule has 0 aliphatic carbocycles. The molecule has 0 fully saturated rings. The van der Waals surface area contributed by atoms with Crippen LogP contribution in [0.4, 0.5) is 5.69 Å². The predicted octanol–water partition coefficient (Wildman–Crippen LogP) is 2.75. The number of benzene rings is 1. The van der Waals surface area contributed by atoms with Crippen molar-refractivity contribution in [3.05, 3.63) is 28.8 Å². The molecule has 0 atom stereocenters. The lowest BCUT2D eigenvalue weighted by molar-refractivity contribution is -0.123. The third-order valence-corrected chi connectivity index (χ3v) is 2.97. The third kappa shape index (κ3) is 3.07. The smallest absolute Gasteiger partial charge is 0.229 e. The van der Waals surface area contributed by atoms with Gasteiger partial charge in [0.1, 0.15) is 0 Å². The summed E-state index contributed by atoms with van der Waals surface area (Å²) in [6, 6.07) is 3.93. The van der Waals surface area contributed by atoms with Gasteiger partial charge in [-0.3, -0.25) is 4.79 Å². The van der Waals surface area contributed by atoms with E-state index in [1.165, 1.54) is 5.56 Å². The first-order valence-corrected chi connectivity index (χ1v) is 5.88. The summed E-state index contributed by atoms with van der Waals surface area (Å²) in [6.07, 6.45) is 0. The second-order valence-electron chi connectivity index (χ2n) is 5.44. The number of nitrogens with one attached hydrogen (secondary N) is 1. The number of aryl methyl sites for hydroxylation is 1. The molecule has 0 aliphatic rings. The zero-order valence-electron chi connectivity index (χ0n) is 11.3. The molecule has 1 amide bonds. The molecular weight excluding hydrogens is 212 g/mol. The highest BCUT2D eigenvalue weighted by Crippen LogP contribution is 2.24. The van der Waals surface area contributed by atoms with E-state index in [-0.39, 0.29) is 11.3 Å². The molecule has 0 unspecified atom stereocenters. The fourth-order valence-corrected chi connectivity index (χ4v) is 1.65. The van der Waals surface area contributed by atoms with Crippen LogP contribution < -0.4 is 11.1 Å². The molecule has 3 N–H and O–H groups in total. The summed E-state index contributed by atoms with van der Waals surface area (Å²) >= 11 is 0. The number of nitrogens with two attached hydrogens (primary N) is 1. The molecule has 1 rings (SSSR count). The van der Waals surface area contributed by atoms with Gasteiger partial charge in [-0.15, -0.1) is 0 Å². The van der Waals surface area contributed by atoms with E-state index < -0.39 is 0 Å². The van der Waals surface area contributed by atoms with E-state index in [9.17, 15) is 4.79 Å². The van der Waals surface area contributed by atoms with Gasteiger partial charge in [0, 0.05) is 17.6 Å². The van der Waals surface area contributed by atoms with Crippen LogP contribution in [0.5, 0.6) is 0 Å². The Labute approximate surface area is 103 Å². The number of anilines is 1. The zero-order valence-corrected chi connectivity index (χ0v) is 11.3. The molecule has 17 heavy (non-hydrogen) atoms. The predicted molar refractivity (Wildman–Crippen MR) is 71.9 cm³/mol. The third-order valence-electron chi connectivity index (χ3n) is 2.97. The number of rotatable bonds is 2. The average Bonchev–Trinajstić information content (AvgIpc) is 2.21. The molecule has 0 saturated heterocycles. The Morgan fingerprint density at radius 2 is 1.88 bits per heavy atom. The summed E-state index contributed by atoms with van der Waals surface area (Å²) in [7, 11) is 0. The average molecular weight is 234 g/mol. The van der Waals surface area contributed by atoms with Crippen LogP contribution in [0.3, 0.4) is 0 Å². The van der Waals surface area contributed by atoms with E-state index in [1.807, 2.05) is 46.8 Å². The summed E-state index contributed by atoms with van der Waals surface area (Å²) in [5, 5.41) is 2.96. The number of amides is 1. The van der Waals surface area contributed by atoms with Crippen LogP contribution in [0.1, 0.15) is 37.5 Å². The Balaban J connectivity index is 3.05. The summed E-state index contributed by atoms with van der Waals surface area (Å²) < 4.78 is 0. The highest BCUT2D eigenvalue weighted by Gasteiger charge is 2.22. The number of carbonyl (C=O) groups is 1. The van der Waals surface area contributed by atoms with Gasteiger partial charge in [0.25, 0.3) is 0 Å². The maximum atomic E-state index is 11.9. The van der Waals surface area contributed by atoms with Crippen LogP contribution in [-0.4, -0.2) is 5.91 Å². The number of hydrogen-bond acceptors (Lipinski definition) is 2. The molecule has 0 aromatic heterocycles. The molecule has 0 bridgehead atoms. The molecule has 3 nitrogen and oxygen atoms in total. The van der Waals surface area contributed by atoms with Gasteiger partial charge in [0.05, 0.1) is 0 Å². The monoisotopic (exact) mass is 234 g/mol. The molecule has 1 aromatic rings. The largest absolute Gasteiger partial charge is 0.326 e. The second kappa shape index (κ2) is 4.88. The van der Waals surface area contributed by atoms with E-state index in [4.69, 9.17) is 5.73 Å². The van der Waals surface area contributed by atoms with Crippen molar-refractivity contribution in [2.45, 2.75) is 41.2 Å². The van der Waals surface area contributed by atoms with Gasteiger partial charge in [-0.05, 0) is 36.6 Å². The standard InChI is InChI=1S/C14H22N2O/c1-9-6-7-12(10(2)11(9)8-15)16-13(17)14(3,4)5/h6-7H,8,15H2,1-5H3,(H,16,17). The van der Waals surface area contributed by atoms with Crippen LogP contribution in [0, 0.1) is 19.3 Å². The van der Waals surface area contributed by atoms with Crippen molar-refractivity contribution in [1.29, 1.82) is 0 Å². The van der Waals surface area contributed by atoms with Crippen molar-refractivity contribution in [3.63, 3.8) is 0 Å². The van der Waals surface area contributed by atoms with Crippen molar-refractivity contribution in [3.8, 4) is 0 Å². The lowest BCUT2D eigenvalue weighted by Gasteiger charge is -2.20. The molecule has 1 aromatic carbocycles. The van der Waals surface area contributed by atoms with E-state index in [0.717, 1.165) is 16.8 Å². The molecular formula is C14H22N2O. The van der Waals surface area contributed by atoms with Crippen molar-refractivity contribution >= 4 is 11.6 Å². The van der Waals surface area contributed by atoms with Gasteiger partial charge in [-0.25, -0.2) is 0 Å². The van der Waals surface area contributed by atoms with Crippen molar-refractivity contribution in [2.75, 3.05) is 5.32 Å². The van der Waals surface area contributed by atoms with Gasteiger partial charge in [-0.1, -0.05) is 26.8 Å². The first kappa shape index (κ1) is 13.7. The Morgan fingerprint density at radius 1 is 1.29 bits per heavy atom. The first-order chi connectivity index (χ1) is 7.77. The molecule has 3 heteroatoms. The molecule has 0 spiro atoms. The molecule has 0 saturated carbocycles. The number of hydrogen-bond donors (Lipinski definition) is 2. The van der Waals surface area contributed by atoms with Gasteiger partial charge in [-0.2, -0.15) is 0 Å². The molecule has 94 valence electrons. The topological polar surface area (TPSA) is 55.1 Å². The summed E-state index contributed by atoms with van der Waals surface area (Å²) in [5.41, 5.74) is 9.53. The van der Waals surface area contributed by atoms with Crippen LogP contribution in [-0.2, 0) is 11.3 Å². The van der Waals surface area contributed by atoms with Crippen LogP contribution in [0.25, 0.3) is 0 Å². The summed E-state index contributed by atoms with van der Waals surface area (Å²) in [5.74, 6) is 0.0208. The fourth-order valence-electron chi connectivity index (χ4n) is 1.65. The lowest BCUT2D eigenvalue weighted by atomic mass is 9.94. The van der Waals surface area contributed by atoms with Crippen molar-refractivity contribution in [2.24, 2.45) is 11.1 Å². The minimum absolute atomic E-state index is 0.0208. The van der Waals surface area contributed by atoms with E-state index in [1.54, 1.807) is 0 Å². The van der Waals surface area contributed by atoms with Gasteiger partial charge >= 0.3 is 0 Å². The highest BCUT2D eigenvalue weighted by atomic mass is 16.2. The Bertz CT molecular complexity index is 431. The summed E-state index contributed by atoms with van der Waals surface area (Å²) in [6.45, 7) is 10.2. The van der Waals surface area contributed by atoms with E-state index >= 15 is 0 Å². The number of carbonyl (C=O) groups excluding carboxylic acids is 1. The highest BCUT2D eigenvalue weighted by molar-refractivity contribution is 5.95. The first-order valence-electron chi connectivity index (χ1n) is 5.88. The van der Waals surface area contributed by atoms with Crippen LogP contribution in [0.2, 0.25) is 0 Å². The quantitative estimate of drug-likeness (QED) is 0.826. The molecule has 0 aliphatic heterocycles. The van der Waals surface area contributed by atoms with Gasteiger partial charge < -0.3 is 11.1 Å². The Morgan fingerprint density at radius 3 is 2.35 bits per heavy atom. The van der Waals surface area contributed by atoms with Crippen molar-refractivity contribution < 1.29 is 4.79 Å². The zero-order chi connectivity index (χ0) is 13.2. The van der Waals surface area contributed by atoms with Gasteiger partial charge in [0.2, 0.25) is 5.91 Å². The maximum absolute atomic E-state index is 11.9. The Kier molecular flexibility index (Phi) is 3.94. The second-order valence-corrected chi connectivity index (χ2v) is 5.44. The maximum Gasteiger partial charge on any atom is 0.229 e. The lowest BCUT2D eigenvalue weighted by Crippen LogP contribution is -2.28. The van der Waals surface area contributed by atoms with E-state index in [2.05, 4.69) is 5.32 Å².